The third kappa shape index (κ3) is 7.50. The summed E-state index contributed by atoms with van der Waals surface area (Å²) in [6.45, 7) is 3.14. The smallest absolute Gasteiger partial charge is 0.465 e. The van der Waals surface area contributed by atoms with Gasteiger partial charge in [0.05, 0.1) is 13.2 Å². The van der Waals surface area contributed by atoms with Gasteiger partial charge in [-0.1, -0.05) is 0 Å². The molecule has 9 heteroatoms. The third-order valence-corrected chi connectivity index (χ3v) is 2.13. The molecule has 0 spiro atoms. The van der Waals surface area contributed by atoms with Gasteiger partial charge in [-0.05, 0) is 13.8 Å². The van der Waals surface area contributed by atoms with Crippen LogP contribution in [0.25, 0.3) is 0 Å². The second-order valence-corrected chi connectivity index (χ2v) is 3.94. The molecule has 0 saturated carbocycles. The van der Waals surface area contributed by atoms with Crippen molar-refractivity contribution < 1.29 is 32.6 Å². The topological polar surface area (TPSA) is 78.9 Å². The van der Waals surface area contributed by atoms with Crippen molar-refractivity contribution in [1.29, 1.82) is 0 Å². The van der Waals surface area contributed by atoms with Crippen molar-refractivity contribution in [2.45, 2.75) is 26.1 Å². The molecule has 0 aliphatic carbocycles. The summed E-state index contributed by atoms with van der Waals surface area (Å²) in [7, 11) is 0. The van der Waals surface area contributed by atoms with E-state index in [1.165, 1.54) is 0 Å². The predicted octanol–water partition coefficient (Wildman–Crippen LogP) is 1.07. The zero-order chi connectivity index (χ0) is 15.1. The van der Waals surface area contributed by atoms with Crippen LogP contribution in [0.4, 0.5) is 18.0 Å². The van der Waals surface area contributed by atoms with Crippen molar-refractivity contribution in [2.75, 3.05) is 26.3 Å². The van der Waals surface area contributed by atoms with E-state index in [4.69, 9.17) is 9.84 Å². The van der Waals surface area contributed by atoms with Gasteiger partial charge >= 0.3 is 18.2 Å². The molecule has 0 heterocycles. The van der Waals surface area contributed by atoms with E-state index in [9.17, 15) is 22.8 Å². The lowest BCUT2D eigenvalue weighted by molar-refractivity contribution is -0.173. The molecule has 0 fully saturated rings. The average Bonchev–Trinajstić information content (AvgIpc) is 2.24. The molecule has 19 heavy (non-hydrogen) atoms. The minimum Gasteiger partial charge on any atom is -0.465 e. The predicted molar refractivity (Wildman–Crippen MR) is 59.8 cm³/mol. The van der Waals surface area contributed by atoms with Crippen LogP contribution in [0.1, 0.15) is 13.8 Å². The van der Waals surface area contributed by atoms with Crippen molar-refractivity contribution in [3.8, 4) is 0 Å². The van der Waals surface area contributed by atoms with Crippen LogP contribution in [0.2, 0.25) is 0 Å². The fourth-order valence-electron chi connectivity index (χ4n) is 1.18. The molecule has 0 rings (SSSR count). The number of halogens is 3. The summed E-state index contributed by atoms with van der Waals surface area (Å²) >= 11 is 0. The third-order valence-electron chi connectivity index (χ3n) is 2.13. The van der Waals surface area contributed by atoms with Gasteiger partial charge in [-0.15, -0.1) is 0 Å². The Morgan fingerprint density at radius 2 is 1.89 bits per heavy atom. The monoisotopic (exact) mass is 286 g/mol. The molecular formula is C10H17F3N2O4. The largest absolute Gasteiger partial charge is 0.471 e. The van der Waals surface area contributed by atoms with E-state index >= 15 is 0 Å². The molecule has 0 aliphatic heterocycles. The summed E-state index contributed by atoms with van der Waals surface area (Å²) in [5.74, 6) is -2.02. The highest BCUT2D eigenvalue weighted by molar-refractivity contribution is 5.81. The van der Waals surface area contributed by atoms with E-state index in [-0.39, 0.29) is 32.3 Å². The van der Waals surface area contributed by atoms with Crippen LogP contribution in [0.15, 0.2) is 0 Å². The van der Waals surface area contributed by atoms with Crippen molar-refractivity contribution in [2.24, 2.45) is 0 Å². The zero-order valence-electron chi connectivity index (χ0n) is 10.7. The maximum Gasteiger partial charge on any atom is 0.471 e. The van der Waals surface area contributed by atoms with Gasteiger partial charge in [-0.3, -0.25) is 4.79 Å². The van der Waals surface area contributed by atoms with Crippen LogP contribution in [-0.4, -0.2) is 60.5 Å². The SMILES string of the molecule is CC(C)N(CCOCCNC(=O)C(F)(F)F)C(=O)O. The van der Waals surface area contributed by atoms with Crippen LogP contribution >= 0.6 is 0 Å². The summed E-state index contributed by atoms with van der Waals surface area (Å²) in [6, 6.07) is -0.217. The second-order valence-electron chi connectivity index (χ2n) is 3.94. The minimum absolute atomic E-state index is 0.0480. The summed E-state index contributed by atoms with van der Waals surface area (Å²) in [5.41, 5.74) is 0. The number of amides is 2. The average molecular weight is 286 g/mol. The van der Waals surface area contributed by atoms with Crippen LogP contribution < -0.4 is 5.32 Å². The lowest BCUT2D eigenvalue weighted by Crippen LogP contribution is -2.40. The highest BCUT2D eigenvalue weighted by Crippen LogP contribution is 2.13. The first-order chi connectivity index (χ1) is 8.66. The van der Waals surface area contributed by atoms with E-state index in [1.54, 1.807) is 19.2 Å². The Balaban J connectivity index is 3.71. The minimum atomic E-state index is -4.91. The molecule has 2 N–H and O–H groups in total. The van der Waals surface area contributed by atoms with Gasteiger partial charge in [0.1, 0.15) is 0 Å². The number of ether oxygens (including phenoxy) is 1. The van der Waals surface area contributed by atoms with Crippen LogP contribution in [0, 0.1) is 0 Å². The summed E-state index contributed by atoms with van der Waals surface area (Å²) in [4.78, 5) is 22.3. The molecule has 0 radical (unpaired) electrons. The van der Waals surface area contributed by atoms with E-state index in [1.807, 2.05) is 0 Å². The number of carbonyl (C=O) groups is 2. The van der Waals surface area contributed by atoms with E-state index < -0.39 is 18.2 Å². The van der Waals surface area contributed by atoms with Gasteiger partial charge in [-0.2, -0.15) is 13.2 Å². The van der Waals surface area contributed by atoms with Crippen LogP contribution in [0.3, 0.4) is 0 Å². The van der Waals surface area contributed by atoms with Crippen LogP contribution in [0.5, 0.6) is 0 Å². The molecule has 0 saturated heterocycles. The molecule has 0 aromatic carbocycles. The highest BCUT2D eigenvalue weighted by atomic mass is 19.4. The Morgan fingerprint density at radius 1 is 1.32 bits per heavy atom. The number of carboxylic acid groups (broad SMARTS) is 1. The number of alkyl halides is 3. The van der Waals surface area contributed by atoms with Gasteiger partial charge in [0.15, 0.2) is 0 Å². The first-order valence-electron chi connectivity index (χ1n) is 5.58. The van der Waals surface area contributed by atoms with Crippen molar-refractivity contribution in [3.63, 3.8) is 0 Å². The Morgan fingerprint density at radius 3 is 2.32 bits per heavy atom. The summed E-state index contributed by atoms with van der Waals surface area (Å²) < 4.78 is 40.3. The van der Waals surface area contributed by atoms with E-state index in [0.717, 1.165) is 4.90 Å². The number of rotatable bonds is 7. The molecule has 112 valence electrons. The number of nitrogens with zero attached hydrogens (tertiary/aromatic N) is 1. The molecule has 0 unspecified atom stereocenters. The van der Waals surface area contributed by atoms with E-state index in [0.29, 0.717) is 0 Å². The lowest BCUT2D eigenvalue weighted by Gasteiger charge is -2.23. The molecule has 0 aliphatic rings. The zero-order valence-corrected chi connectivity index (χ0v) is 10.7. The van der Waals surface area contributed by atoms with Gasteiger partial charge in [-0.25, -0.2) is 4.79 Å². The second kappa shape index (κ2) is 7.82. The summed E-state index contributed by atoms with van der Waals surface area (Å²) in [6.07, 6.45) is -6.00. The molecule has 0 atom stereocenters. The fraction of sp³-hybridized carbons (Fsp3) is 0.800. The standard InChI is InChI=1S/C10H17F3N2O4/c1-7(2)15(9(17)18)4-6-19-5-3-14-8(16)10(11,12)13/h7H,3-6H2,1-2H3,(H,14,16)(H,17,18). The number of carbonyl (C=O) groups excluding carboxylic acids is 1. The molecule has 6 nitrogen and oxygen atoms in total. The summed E-state index contributed by atoms with van der Waals surface area (Å²) in [5, 5.41) is 10.4. The Bertz CT molecular complexity index is 308. The molecule has 0 bridgehead atoms. The Hall–Kier alpha value is -1.51. The first-order valence-corrected chi connectivity index (χ1v) is 5.58. The number of hydrogen-bond donors (Lipinski definition) is 2. The van der Waals surface area contributed by atoms with E-state index in [2.05, 4.69) is 0 Å². The number of hydrogen-bond acceptors (Lipinski definition) is 3. The van der Waals surface area contributed by atoms with Gasteiger partial charge in [0.25, 0.3) is 0 Å². The van der Waals surface area contributed by atoms with Gasteiger partial charge in [0.2, 0.25) is 0 Å². The maximum atomic E-state index is 11.8. The Labute approximate surface area is 108 Å². The normalized spacial score (nSPS) is 11.5. The first kappa shape index (κ1) is 17.5. The quantitative estimate of drug-likeness (QED) is 0.686. The molecule has 0 aromatic rings. The maximum absolute atomic E-state index is 11.8. The Kier molecular flexibility index (Phi) is 7.20. The van der Waals surface area contributed by atoms with Crippen molar-refractivity contribution in [1.82, 2.24) is 10.2 Å². The van der Waals surface area contributed by atoms with Gasteiger partial charge < -0.3 is 20.1 Å². The lowest BCUT2D eigenvalue weighted by atomic mass is 10.3. The molecule has 2 amide bonds. The van der Waals surface area contributed by atoms with Crippen molar-refractivity contribution >= 4 is 12.0 Å². The molecular weight excluding hydrogens is 269 g/mol. The van der Waals surface area contributed by atoms with Gasteiger partial charge in [0, 0.05) is 19.1 Å². The fourth-order valence-corrected chi connectivity index (χ4v) is 1.18. The highest BCUT2D eigenvalue weighted by Gasteiger charge is 2.38. The van der Waals surface area contributed by atoms with Crippen LogP contribution in [-0.2, 0) is 9.53 Å². The number of nitrogens with one attached hydrogen (secondary N) is 1. The molecule has 0 aromatic heterocycles. The van der Waals surface area contributed by atoms with Crippen molar-refractivity contribution in [3.05, 3.63) is 0 Å².